The van der Waals surface area contributed by atoms with Gasteiger partial charge in [0.15, 0.2) is 0 Å². The first-order valence-corrected chi connectivity index (χ1v) is 5.97. The van der Waals surface area contributed by atoms with Gasteiger partial charge in [-0.15, -0.1) is 5.10 Å². The number of carbonyl (C=O) groups is 1. The van der Waals surface area contributed by atoms with Crippen LogP contribution in [-0.4, -0.2) is 28.8 Å². The average Bonchev–Trinajstić information content (AvgIpc) is 2.70. The predicted octanol–water partition coefficient (Wildman–Crippen LogP) is 2.22. The highest BCUT2D eigenvalue weighted by Gasteiger charge is 2.22. The molecular weight excluding hydrogens is 232 g/mol. The largest absolute Gasteiger partial charge is 0.476 e. The number of aryl methyl sites for hydroxylation is 1. The molecule has 0 N–H and O–H groups in total. The van der Waals surface area contributed by atoms with Crippen molar-refractivity contribution < 1.29 is 14.3 Å². The van der Waals surface area contributed by atoms with Crippen molar-refractivity contribution in [2.75, 3.05) is 13.2 Å². The quantitative estimate of drug-likeness (QED) is 0.778. The van der Waals surface area contributed by atoms with Gasteiger partial charge in [-0.25, -0.2) is 9.31 Å². The van der Waals surface area contributed by atoms with Gasteiger partial charge in [-0.3, -0.25) is 0 Å². The molecule has 0 spiro atoms. The first-order chi connectivity index (χ1) is 8.69. The van der Waals surface area contributed by atoms with E-state index in [0.29, 0.717) is 30.2 Å². The third-order valence-corrected chi connectivity index (χ3v) is 2.58. The van der Waals surface area contributed by atoms with E-state index in [4.69, 9.17) is 9.47 Å². The van der Waals surface area contributed by atoms with Gasteiger partial charge < -0.3 is 9.47 Å². The molecule has 0 aliphatic heterocycles. The molecule has 2 rings (SSSR count). The Morgan fingerprint density at radius 3 is 2.78 bits per heavy atom. The third-order valence-electron chi connectivity index (χ3n) is 2.58. The number of pyridine rings is 1. The van der Waals surface area contributed by atoms with Crippen LogP contribution in [0.1, 0.15) is 29.9 Å². The summed E-state index contributed by atoms with van der Waals surface area (Å²) < 4.78 is 12.2. The number of hydrogen-bond donors (Lipinski definition) is 0. The molecule has 0 bridgehead atoms. The summed E-state index contributed by atoms with van der Waals surface area (Å²) in [6.07, 6.45) is 0. The van der Waals surface area contributed by atoms with Crippen LogP contribution in [0.5, 0.6) is 5.88 Å². The first kappa shape index (κ1) is 12.4. The van der Waals surface area contributed by atoms with Crippen molar-refractivity contribution in [1.82, 2.24) is 9.61 Å². The lowest BCUT2D eigenvalue weighted by molar-refractivity contribution is 0.0524. The SMILES string of the molecule is CCOC(=O)c1c(OCC)nn2c(C)cccc12. The predicted molar refractivity (Wildman–Crippen MR) is 67.1 cm³/mol. The van der Waals surface area contributed by atoms with Crippen LogP contribution in [0.25, 0.3) is 5.52 Å². The molecule has 2 aromatic heterocycles. The van der Waals surface area contributed by atoms with Gasteiger partial charge in [0.25, 0.3) is 0 Å². The van der Waals surface area contributed by atoms with Gasteiger partial charge in [0.05, 0.1) is 18.7 Å². The molecule has 0 unspecified atom stereocenters. The summed E-state index contributed by atoms with van der Waals surface area (Å²) in [6.45, 7) is 6.33. The zero-order valence-electron chi connectivity index (χ0n) is 10.8. The highest BCUT2D eigenvalue weighted by Crippen LogP contribution is 2.24. The van der Waals surface area contributed by atoms with Gasteiger partial charge in [0.2, 0.25) is 5.88 Å². The molecular formula is C13H16N2O3. The lowest BCUT2D eigenvalue weighted by Crippen LogP contribution is -2.06. The normalized spacial score (nSPS) is 10.6. The Morgan fingerprint density at radius 2 is 2.11 bits per heavy atom. The maximum absolute atomic E-state index is 12.0. The van der Waals surface area contributed by atoms with E-state index in [9.17, 15) is 4.79 Å². The molecule has 0 aromatic carbocycles. The first-order valence-electron chi connectivity index (χ1n) is 5.97. The fourth-order valence-corrected chi connectivity index (χ4v) is 1.81. The number of hydrogen-bond acceptors (Lipinski definition) is 4. The maximum Gasteiger partial charge on any atom is 0.345 e. The van der Waals surface area contributed by atoms with Crippen molar-refractivity contribution in [3.8, 4) is 5.88 Å². The van der Waals surface area contributed by atoms with Crippen LogP contribution in [-0.2, 0) is 4.74 Å². The van der Waals surface area contributed by atoms with Crippen LogP contribution in [0, 0.1) is 6.92 Å². The molecule has 96 valence electrons. The summed E-state index contributed by atoms with van der Waals surface area (Å²) in [7, 11) is 0. The zero-order chi connectivity index (χ0) is 13.1. The van der Waals surface area contributed by atoms with Crippen molar-refractivity contribution >= 4 is 11.5 Å². The van der Waals surface area contributed by atoms with E-state index in [0.717, 1.165) is 5.69 Å². The van der Waals surface area contributed by atoms with Gasteiger partial charge in [-0.05, 0) is 32.9 Å². The standard InChI is InChI=1S/C13H16N2O3/c1-4-17-12-11(13(16)18-5-2)10-8-6-7-9(3)15(10)14-12/h6-8H,4-5H2,1-3H3. The molecule has 0 fully saturated rings. The Hall–Kier alpha value is -2.04. The number of nitrogens with zero attached hydrogens (tertiary/aromatic N) is 2. The Morgan fingerprint density at radius 1 is 1.33 bits per heavy atom. The molecule has 0 radical (unpaired) electrons. The molecule has 2 heterocycles. The van der Waals surface area contributed by atoms with Gasteiger partial charge in [0.1, 0.15) is 5.56 Å². The van der Waals surface area contributed by atoms with Gasteiger partial charge in [-0.1, -0.05) is 6.07 Å². The molecule has 0 saturated heterocycles. The molecule has 2 aromatic rings. The second-order valence-electron chi connectivity index (χ2n) is 3.80. The number of esters is 1. The topological polar surface area (TPSA) is 52.8 Å². The molecule has 18 heavy (non-hydrogen) atoms. The number of carbonyl (C=O) groups excluding carboxylic acids is 1. The van der Waals surface area contributed by atoms with Crippen molar-refractivity contribution in [3.05, 3.63) is 29.5 Å². The number of aromatic nitrogens is 2. The van der Waals surface area contributed by atoms with Crippen molar-refractivity contribution in [3.63, 3.8) is 0 Å². The Labute approximate surface area is 105 Å². The molecule has 0 atom stereocenters. The summed E-state index contributed by atoms with van der Waals surface area (Å²) in [4.78, 5) is 12.0. The summed E-state index contributed by atoms with van der Waals surface area (Å²) in [5.41, 5.74) is 2.03. The molecule has 0 saturated carbocycles. The van der Waals surface area contributed by atoms with E-state index in [1.54, 1.807) is 11.4 Å². The highest BCUT2D eigenvalue weighted by molar-refractivity contribution is 5.99. The van der Waals surface area contributed by atoms with Gasteiger partial charge in [0, 0.05) is 5.69 Å². The third kappa shape index (κ3) is 2.03. The van der Waals surface area contributed by atoms with E-state index < -0.39 is 5.97 Å². The summed E-state index contributed by atoms with van der Waals surface area (Å²) in [6, 6.07) is 5.63. The fourth-order valence-electron chi connectivity index (χ4n) is 1.81. The molecule has 0 aliphatic rings. The monoisotopic (exact) mass is 248 g/mol. The van der Waals surface area contributed by atoms with Crippen LogP contribution in [0.15, 0.2) is 18.2 Å². The van der Waals surface area contributed by atoms with Gasteiger partial charge in [-0.2, -0.15) is 0 Å². The van der Waals surface area contributed by atoms with Crippen molar-refractivity contribution in [2.45, 2.75) is 20.8 Å². The minimum absolute atomic E-state index is 0.324. The lowest BCUT2D eigenvalue weighted by atomic mass is 10.2. The van der Waals surface area contributed by atoms with Crippen LogP contribution >= 0.6 is 0 Å². The van der Waals surface area contributed by atoms with E-state index in [1.807, 2.05) is 32.0 Å². The number of rotatable bonds is 4. The van der Waals surface area contributed by atoms with Crippen LogP contribution in [0.2, 0.25) is 0 Å². The van der Waals surface area contributed by atoms with Crippen molar-refractivity contribution in [2.24, 2.45) is 0 Å². The van der Waals surface area contributed by atoms with E-state index in [2.05, 4.69) is 5.10 Å². The summed E-state index contributed by atoms with van der Waals surface area (Å²) >= 11 is 0. The number of ether oxygens (including phenoxy) is 2. The fraction of sp³-hybridized carbons (Fsp3) is 0.385. The minimum Gasteiger partial charge on any atom is -0.476 e. The molecule has 5 heteroatoms. The second-order valence-corrected chi connectivity index (χ2v) is 3.80. The van der Waals surface area contributed by atoms with Crippen LogP contribution < -0.4 is 4.74 Å². The Bertz CT molecular complexity index is 575. The molecule has 5 nitrogen and oxygen atoms in total. The Kier molecular flexibility index (Phi) is 3.50. The smallest absolute Gasteiger partial charge is 0.345 e. The van der Waals surface area contributed by atoms with Crippen LogP contribution in [0.3, 0.4) is 0 Å². The highest BCUT2D eigenvalue weighted by atomic mass is 16.5. The summed E-state index contributed by atoms with van der Waals surface area (Å²) in [5, 5.41) is 4.30. The van der Waals surface area contributed by atoms with E-state index in [1.165, 1.54) is 0 Å². The molecule has 0 amide bonds. The summed E-state index contributed by atoms with van der Waals surface area (Å²) in [5.74, 6) is -0.0770. The zero-order valence-corrected chi connectivity index (χ0v) is 10.8. The van der Waals surface area contributed by atoms with E-state index >= 15 is 0 Å². The van der Waals surface area contributed by atoms with E-state index in [-0.39, 0.29) is 0 Å². The molecule has 0 aliphatic carbocycles. The second kappa shape index (κ2) is 5.08. The minimum atomic E-state index is -0.401. The number of fused-ring (bicyclic) bond motifs is 1. The van der Waals surface area contributed by atoms with Gasteiger partial charge >= 0.3 is 5.97 Å². The van der Waals surface area contributed by atoms with Crippen LogP contribution in [0.4, 0.5) is 0 Å². The average molecular weight is 248 g/mol. The van der Waals surface area contributed by atoms with Crippen molar-refractivity contribution in [1.29, 1.82) is 0 Å². The lowest BCUT2D eigenvalue weighted by Gasteiger charge is -2.03. The Balaban J connectivity index is 2.62. The maximum atomic E-state index is 12.0.